The van der Waals surface area contributed by atoms with Gasteiger partial charge in [-0.05, 0) is 72.5 Å². The second-order valence-corrected chi connectivity index (χ2v) is 9.13. The van der Waals surface area contributed by atoms with Gasteiger partial charge in [0, 0.05) is 35.2 Å². The molecule has 0 spiro atoms. The van der Waals surface area contributed by atoms with E-state index in [1.807, 2.05) is 0 Å². The molecule has 5 aromatic carbocycles. The molecule has 0 radical (unpaired) electrons. The molecule has 0 aliphatic carbocycles. The van der Waals surface area contributed by atoms with Gasteiger partial charge in [-0.3, -0.25) is 0 Å². The van der Waals surface area contributed by atoms with Gasteiger partial charge in [0.2, 0.25) is 0 Å². The molecule has 0 aliphatic rings. The van der Waals surface area contributed by atoms with Crippen molar-refractivity contribution < 1.29 is 30.6 Å². The van der Waals surface area contributed by atoms with Gasteiger partial charge in [0.15, 0.2) is 0 Å². The van der Waals surface area contributed by atoms with Crippen LogP contribution in [0.1, 0.15) is 11.1 Å². The lowest BCUT2D eigenvalue weighted by atomic mass is 9.97. The Labute approximate surface area is 218 Å². The predicted molar refractivity (Wildman–Crippen MR) is 149 cm³/mol. The molecule has 0 amide bonds. The fourth-order valence-electron chi connectivity index (χ4n) is 4.76. The second-order valence-electron chi connectivity index (χ2n) is 9.13. The lowest BCUT2D eigenvalue weighted by Crippen LogP contribution is -2.08. The molecule has 194 valence electrons. The van der Waals surface area contributed by atoms with Gasteiger partial charge in [-0.2, -0.15) is 0 Å². The van der Waals surface area contributed by atoms with Gasteiger partial charge in [0.05, 0.1) is 10.8 Å². The summed E-state index contributed by atoms with van der Waals surface area (Å²) in [4.78, 5) is 0. The minimum absolute atomic E-state index is 0.0189. The largest absolute Gasteiger partial charge is 0.508 e. The molecule has 38 heavy (non-hydrogen) atoms. The summed E-state index contributed by atoms with van der Waals surface area (Å²) in [5, 5.41) is 70.7. The molecule has 8 N–H and O–H groups in total. The maximum absolute atomic E-state index is 11.3. The third-order valence-electron chi connectivity index (χ3n) is 6.66. The number of benzene rings is 5. The number of fused-ring (bicyclic) bond motifs is 2. The first-order valence-corrected chi connectivity index (χ1v) is 12.2. The Kier molecular flexibility index (Phi) is 6.62. The van der Waals surface area contributed by atoms with Crippen LogP contribution in [-0.2, 0) is 12.8 Å². The summed E-state index contributed by atoms with van der Waals surface area (Å²) < 4.78 is 0. The normalized spacial score (nSPS) is 11.2. The molecule has 0 fully saturated rings. The zero-order valence-corrected chi connectivity index (χ0v) is 20.4. The lowest BCUT2D eigenvalue weighted by Gasteiger charge is -2.19. The SMILES string of the molecule is Oc1ccc(O)c(CCNc2ccc(NCCc3cc(O)ccc3O)c3c(O)c4ccccc4c(O)c23)c1. The van der Waals surface area contributed by atoms with Crippen molar-refractivity contribution in [3.05, 3.63) is 83.9 Å². The first-order chi connectivity index (χ1) is 18.3. The number of hydrogen-bond donors (Lipinski definition) is 8. The number of anilines is 2. The van der Waals surface area contributed by atoms with Crippen molar-refractivity contribution in [3.8, 4) is 34.5 Å². The van der Waals surface area contributed by atoms with Gasteiger partial charge in [-0.1, -0.05) is 24.3 Å². The summed E-state index contributed by atoms with van der Waals surface area (Å²) in [6.07, 6.45) is 0.824. The van der Waals surface area contributed by atoms with Crippen molar-refractivity contribution >= 4 is 32.9 Å². The minimum atomic E-state index is 0.0189. The van der Waals surface area contributed by atoms with E-state index in [1.54, 1.807) is 36.4 Å². The van der Waals surface area contributed by atoms with Crippen molar-refractivity contribution in [2.45, 2.75) is 12.8 Å². The summed E-state index contributed by atoms with van der Waals surface area (Å²) in [6.45, 7) is 0.783. The van der Waals surface area contributed by atoms with Gasteiger partial charge in [0.25, 0.3) is 0 Å². The topological polar surface area (TPSA) is 145 Å². The van der Waals surface area contributed by atoms with E-state index in [0.29, 0.717) is 70.0 Å². The van der Waals surface area contributed by atoms with E-state index >= 15 is 0 Å². The number of nitrogens with one attached hydrogen (secondary N) is 2. The van der Waals surface area contributed by atoms with E-state index in [4.69, 9.17) is 0 Å². The maximum Gasteiger partial charge on any atom is 0.133 e. The van der Waals surface area contributed by atoms with E-state index in [2.05, 4.69) is 10.6 Å². The molecule has 0 saturated carbocycles. The molecule has 0 saturated heterocycles. The molecule has 0 aromatic heterocycles. The third kappa shape index (κ3) is 4.71. The number of phenols is 6. The van der Waals surface area contributed by atoms with Gasteiger partial charge >= 0.3 is 0 Å². The summed E-state index contributed by atoms with van der Waals surface area (Å²) in [7, 11) is 0. The van der Waals surface area contributed by atoms with Crippen LogP contribution in [0.15, 0.2) is 72.8 Å². The Bertz CT molecular complexity index is 1530. The Morgan fingerprint density at radius 2 is 0.921 bits per heavy atom. The van der Waals surface area contributed by atoms with E-state index in [9.17, 15) is 30.6 Å². The fourth-order valence-corrected chi connectivity index (χ4v) is 4.76. The van der Waals surface area contributed by atoms with E-state index in [-0.39, 0.29) is 34.5 Å². The van der Waals surface area contributed by atoms with Crippen LogP contribution >= 0.6 is 0 Å². The maximum atomic E-state index is 11.3. The average Bonchev–Trinajstić information content (AvgIpc) is 2.91. The van der Waals surface area contributed by atoms with Gasteiger partial charge in [-0.15, -0.1) is 0 Å². The number of rotatable bonds is 8. The molecule has 0 atom stereocenters. The van der Waals surface area contributed by atoms with Crippen LogP contribution in [0.4, 0.5) is 11.4 Å². The Morgan fingerprint density at radius 1 is 0.500 bits per heavy atom. The average molecular weight is 513 g/mol. The van der Waals surface area contributed by atoms with Gasteiger partial charge in [0.1, 0.15) is 34.5 Å². The first-order valence-electron chi connectivity index (χ1n) is 12.2. The van der Waals surface area contributed by atoms with E-state index in [0.717, 1.165) is 0 Å². The molecule has 0 bridgehead atoms. The third-order valence-corrected chi connectivity index (χ3v) is 6.66. The van der Waals surface area contributed by atoms with E-state index < -0.39 is 0 Å². The molecular weight excluding hydrogens is 484 g/mol. The van der Waals surface area contributed by atoms with Gasteiger partial charge in [-0.25, -0.2) is 0 Å². The van der Waals surface area contributed by atoms with Crippen molar-refractivity contribution in [2.24, 2.45) is 0 Å². The summed E-state index contributed by atoms with van der Waals surface area (Å²) in [5.74, 6) is 0.325. The number of phenolic OH excluding ortho intramolecular Hbond substituents is 6. The van der Waals surface area contributed by atoms with Crippen LogP contribution < -0.4 is 10.6 Å². The fraction of sp³-hybridized carbons (Fsp3) is 0.133. The quantitative estimate of drug-likeness (QED) is 0.1000. The standard InChI is InChI=1S/C30H28N2O6/c33-19-5-9-25(35)17(15-19)11-13-31-23-7-8-24(32-14-12-18-16-20(34)6-10-26(18)36)28-27(23)29(37)21-3-1-2-4-22(21)30(28)38/h1-10,15-16,31-38H,11-14H2. The number of aromatic hydroxyl groups is 6. The smallest absolute Gasteiger partial charge is 0.133 e. The zero-order chi connectivity index (χ0) is 26.8. The van der Waals surface area contributed by atoms with Crippen LogP contribution in [0, 0.1) is 0 Å². The molecule has 5 aromatic rings. The molecule has 8 heteroatoms. The van der Waals surface area contributed by atoms with Crippen LogP contribution in [0.5, 0.6) is 34.5 Å². The van der Waals surface area contributed by atoms with Crippen LogP contribution in [-0.4, -0.2) is 43.7 Å². The van der Waals surface area contributed by atoms with Crippen molar-refractivity contribution in [3.63, 3.8) is 0 Å². The number of hydrogen-bond acceptors (Lipinski definition) is 8. The Morgan fingerprint density at radius 3 is 1.34 bits per heavy atom. The van der Waals surface area contributed by atoms with Gasteiger partial charge < -0.3 is 41.3 Å². The van der Waals surface area contributed by atoms with Crippen molar-refractivity contribution in [1.82, 2.24) is 0 Å². The highest BCUT2D eigenvalue weighted by molar-refractivity contribution is 6.18. The zero-order valence-electron chi connectivity index (χ0n) is 20.4. The highest BCUT2D eigenvalue weighted by atomic mass is 16.3. The molecular formula is C30H28N2O6. The van der Waals surface area contributed by atoms with Crippen molar-refractivity contribution in [2.75, 3.05) is 23.7 Å². The van der Waals surface area contributed by atoms with Crippen LogP contribution in [0.2, 0.25) is 0 Å². The van der Waals surface area contributed by atoms with Crippen LogP contribution in [0.3, 0.4) is 0 Å². The minimum Gasteiger partial charge on any atom is -0.508 e. The highest BCUT2D eigenvalue weighted by Crippen LogP contribution is 2.47. The molecule has 0 heterocycles. The monoisotopic (exact) mass is 512 g/mol. The Balaban J connectivity index is 1.49. The van der Waals surface area contributed by atoms with E-state index in [1.165, 1.54) is 36.4 Å². The second kappa shape index (κ2) is 10.2. The predicted octanol–water partition coefficient (Wildman–Crippen LogP) is 5.54. The molecule has 0 aliphatic heterocycles. The van der Waals surface area contributed by atoms with Crippen molar-refractivity contribution in [1.29, 1.82) is 0 Å². The first kappa shape index (κ1) is 24.7. The summed E-state index contributed by atoms with van der Waals surface area (Å²) in [6, 6.07) is 19.4. The molecule has 5 rings (SSSR count). The Hall–Kier alpha value is -4.98. The molecule has 8 nitrogen and oxygen atoms in total. The molecule has 0 unspecified atom stereocenters. The summed E-state index contributed by atoms with van der Waals surface area (Å²) in [5.41, 5.74) is 2.34. The van der Waals surface area contributed by atoms with Crippen LogP contribution in [0.25, 0.3) is 21.5 Å². The highest BCUT2D eigenvalue weighted by Gasteiger charge is 2.19. The summed E-state index contributed by atoms with van der Waals surface area (Å²) >= 11 is 0. The lowest BCUT2D eigenvalue weighted by molar-refractivity contribution is 0.454.